The summed E-state index contributed by atoms with van der Waals surface area (Å²) in [6, 6.07) is -1.23. The molecule has 0 heterocycles. The normalized spacial score (nSPS) is 13.5. The molecule has 3 amide bonds. The van der Waals surface area contributed by atoms with Crippen molar-refractivity contribution in [3.63, 3.8) is 0 Å². The lowest BCUT2D eigenvalue weighted by molar-refractivity contribution is -0.155. The van der Waals surface area contributed by atoms with E-state index in [4.69, 9.17) is 10.5 Å². The van der Waals surface area contributed by atoms with Gasteiger partial charge in [-0.2, -0.15) is 0 Å². The van der Waals surface area contributed by atoms with Gasteiger partial charge in [-0.05, 0) is 40.5 Å². The first-order valence-electron chi connectivity index (χ1n) is 10.4. The average Bonchev–Trinajstić information content (AvgIpc) is 2.65. The van der Waals surface area contributed by atoms with Crippen molar-refractivity contribution >= 4 is 29.7 Å². The zero-order valence-electron chi connectivity index (χ0n) is 19.5. The molecule has 178 valence electrons. The van der Waals surface area contributed by atoms with E-state index in [1.807, 2.05) is 0 Å². The summed E-state index contributed by atoms with van der Waals surface area (Å²) in [5, 5.41) is 10.7. The van der Waals surface area contributed by atoms with Gasteiger partial charge in [-0.3, -0.25) is 24.2 Å². The van der Waals surface area contributed by atoms with Gasteiger partial charge in [0.05, 0.1) is 13.0 Å². The maximum absolute atomic E-state index is 12.5. The molecule has 0 bridgehead atoms. The van der Waals surface area contributed by atoms with Crippen molar-refractivity contribution in [1.29, 1.82) is 0 Å². The molecule has 0 radical (unpaired) electrons. The zero-order valence-corrected chi connectivity index (χ0v) is 19.5. The van der Waals surface area contributed by atoms with Crippen LogP contribution >= 0.6 is 0 Å². The first-order valence-corrected chi connectivity index (χ1v) is 10.4. The molecule has 1 unspecified atom stereocenters. The number of carbonyl (C=O) groups excluding carboxylic acids is 4. The predicted molar refractivity (Wildman–Crippen MR) is 118 cm³/mol. The SMILES string of the molecule is CCC(=O)NC(CCCNC(N)=NC)C(=O)NCC(=O)N[C@@H](C)CC(=O)OC(C)(C)C. The van der Waals surface area contributed by atoms with Crippen LogP contribution in [0.25, 0.3) is 0 Å². The van der Waals surface area contributed by atoms with Crippen molar-refractivity contribution in [2.45, 2.75) is 78.0 Å². The zero-order chi connectivity index (χ0) is 24.0. The van der Waals surface area contributed by atoms with E-state index in [2.05, 4.69) is 26.3 Å². The third-order valence-corrected chi connectivity index (χ3v) is 3.91. The number of nitrogens with zero attached hydrogens (tertiary/aromatic N) is 1. The van der Waals surface area contributed by atoms with Crippen LogP contribution in [-0.4, -0.2) is 67.5 Å². The summed E-state index contributed by atoms with van der Waals surface area (Å²) in [6.45, 7) is 8.86. The molecule has 0 aliphatic carbocycles. The highest BCUT2D eigenvalue weighted by Crippen LogP contribution is 2.09. The second-order valence-electron chi connectivity index (χ2n) is 8.13. The Morgan fingerprint density at radius 2 is 1.71 bits per heavy atom. The van der Waals surface area contributed by atoms with Crippen LogP contribution in [0.5, 0.6) is 0 Å². The summed E-state index contributed by atoms with van der Waals surface area (Å²) in [7, 11) is 1.56. The number of guanidine groups is 1. The fourth-order valence-corrected chi connectivity index (χ4v) is 2.47. The fraction of sp³-hybridized carbons (Fsp3) is 0.750. The number of hydrogen-bond acceptors (Lipinski definition) is 6. The molecule has 11 nitrogen and oxygen atoms in total. The van der Waals surface area contributed by atoms with Crippen LogP contribution in [0.1, 0.15) is 60.3 Å². The summed E-state index contributed by atoms with van der Waals surface area (Å²) >= 11 is 0. The highest BCUT2D eigenvalue weighted by Gasteiger charge is 2.22. The van der Waals surface area contributed by atoms with Crippen molar-refractivity contribution < 1.29 is 23.9 Å². The van der Waals surface area contributed by atoms with Gasteiger partial charge < -0.3 is 31.7 Å². The minimum atomic E-state index is -0.777. The quantitative estimate of drug-likeness (QED) is 0.118. The smallest absolute Gasteiger partial charge is 0.308 e. The van der Waals surface area contributed by atoms with Crippen molar-refractivity contribution in [2.24, 2.45) is 10.7 Å². The van der Waals surface area contributed by atoms with Crippen LogP contribution in [0, 0.1) is 0 Å². The molecule has 0 fully saturated rings. The lowest BCUT2D eigenvalue weighted by Crippen LogP contribution is -2.50. The maximum atomic E-state index is 12.5. The first kappa shape index (κ1) is 28.1. The molecular weight excluding hydrogens is 404 g/mol. The molecule has 0 spiro atoms. The van der Waals surface area contributed by atoms with Gasteiger partial charge in [0, 0.05) is 26.1 Å². The Kier molecular flexibility index (Phi) is 12.9. The second-order valence-corrected chi connectivity index (χ2v) is 8.13. The molecule has 0 aromatic heterocycles. The number of nitrogens with one attached hydrogen (secondary N) is 4. The van der Waals surface area contributed by atoms with Crippen molar-refractivity contribution in [3.05, 3.63) is 0 Å². The molecular formula is C20H38N6O5. The van der Waals surface area contributed by atoms with E-state index in [0.29, 0.717) is 19.4 Å². The number of rotatable bonds is 12. The number of nitrogens with two attached hydrogens (primary N) is 1. The number of carbonyl (C=O) groups is 4. The topological polar surface area (TPSA) is 164 Å². The third kappa shape index (κ3) is 14.7. The minimum Gasteiger partial charge on any atom is -0.460 e. The minimum absolute atomic E-state index is 0.0172. The molecule has 0 rings (SSSR count). The largest absolute Gasteiger partial charge is 0.460 e. The van der Waals surface area contributed by atoms with Gasteiger partial charge in [-0.25, -0.2) is 0 Å². The monoisotopic (exact) mass is 442 g/mol. The van der Waals surface area contributed by atoms with E-state index in [1.165, 1.54) is 0 Å². The molecule has 0 aromatic rings. The third-order valence-electron chi connectivity index (χ3n) is 3.91. The Bertz CT molecular complexity index is 644. The van der Waals surface area contributed by atoms with Gasteiger partial charge >= 0.3 is 5.97 Å². The second kappa shape index (κ2) is 14.2. The highest BCUT2D eigenvalue weighted by molar-refractivity contribution is 5.90. The van der Waals surface area contributed by atoms with E-state index in [0.717, 1.165) is 0 Å². The van der Waals surface area contributed by atoms with Crippen LogP contribution in [0.15, 0.2) is 4.99 Å². The van der Waals surface area contributed by atoms with Gasteiger partial charge in [-0.15, -0.1) is 0 Å². The number of ether oxygens (including phenoxy) is 1. The Morgan fingerprint density at radius 1 is 1.06 bits per heavy atom. The maximum Gasteiger partial charge on any atom is 0.308 e. The summed E-state index contributed by atoms with van der Waals surface area (Å²) in [6.07, 6.45) is 1.17. The standard InChI is InChI=1S/C20H38N6O5/c1-7-15(27)26-14(9-8-10-23-19(21)22-6)18(30)24-12-16(28)25-13(2)11-17(29)31-20(3,4)5/h13-14H,7-12H2,1-6H3,(H,24,30)(H,25,28)(H,26,27)(H3,21,22,23)/t13-,14?/m0/s1. The van der Waals surface area contributed by atoms with Crippen LogP contribution in [0.2, 0.25) is 0 Å². The lowest BCUT2D eigenvalue weighted by atomic mass is 10.1. The number of esters is 1. The van der Waals surface area contributed by atoms with E-state index in [1.54, 1.807) is 41.7 Å². The molecule has 11 heteroatoms. The van der Waals surface area contributed by atoms with Crippen molar-refractivity contribution in [3.8, 4) is 0 Å². The molecule has 0 saturated heterocycles. The van der Waals surface area contributed by atoms with Crippen molar-refractivity contribution in [2.75, 3.05) is 20.1 Å². The first-order chi connectivity index (χ1) is 14.4. The van der Waals surface area contributed by atoms with Crippen LogP contribution in [0.3, 0.4) is 0 Å². The summed E-state index contributed by atoms with van der Waals surface area (Å²) < 4.78 is 5.22. The predicted octanol–water partition coefficient (Wildman–Crippen LogP) is -0.452. The Hall–Kier alpha value is -2.85. The van der Waals surface area contributed by atoms with Gasteiger partial charge in [0.1, 0.15) is 11.6 Å². The van der Waals surface area contributed by atoms with E-state index in [-0.39, 0.29) is 31.3 Å². The van der Waals surface area contributed by atoms with E-state index < -0.39 is 35.5 Å². The summed E-state index contributed by atoms with van der Waals surface area (Å²) in [5.41, 5.74) is 4.95. The fourth-order valence-electron chi connectivity index (χ4n) is 2.47. The average molecular weight is 443 g/mol. The van der Waals surface area contributed by atoms with Gasteiger partial charge in [0.2, 0.25) is 17.7 Å². The van der Waals surface area contributed by atoms with E-state index >= 15 is 0 Å². The number of hydrogen-bond donors (Lipinski definition) is 5. The van der Waals surface area contributed by atoms with Crippen LogP contribution in [-0.2, 0) is 23.9 Å². The highest BCUT2D eigenvalue weighted by atomic mass is 16.6. The lowest BCUT2D eigenvalue weighted by Gasteiger charge is -2.21. The number of aliphatic imine (C=N–C) groups is 1. The molecule has 2 atom stereocenters. The van der Waals surface area contributed by atoms with Gasteiger partial charge in [-0.1, -0.05) is 6.92 Å². The molecule has 31 heavy (non-hydrogen) atoms. The van der Waals surface area contributed by atoms with Gasteiger partial charge in [0.25, 0.3) is 0 Å². The Labute approximate surface area is 184 Å². The molecule has 0 saturated carbocycles. The van der Waals surface area contributed by atoms with Crippen molar-refractivity contribution in [1.82, 2.24) is 21.3 Å². The van der Waals surface area contributed by atoms with Gasteiger partial charge in [0.15, 0.2) is 5.96 Å². The van der Waals surface area contributed by atoms with Crippen LogP contribution < -0.4 is 27.0 Å². The molecule has 6 N–H and O–H groups in total. The molecule has 0 aromatic carbocycles. The number of amides is 3. The summed E-state index contributed by atoms with van der Waals surface area (Å²) in [5.74, 6) is -1.31. The summed E-state index contributed by atoms with van der Waals surface area (Å²) in [4.78, 5) is 51.9. The Balaban J connectivity index is 4.54. The molecule has 0 aliphatic rings. The molecule has 0 aliphatic heterocycles. The van der Waals surface area contributed by atoms with Crippen LogP contribution in [0.4, 0.5) is 0 Å². The Morgan fingerprint density at radius 3 is 2.26 bits per heavy atom. The van der Waals surface area contributed by atoms with E-state index in [9.17, 15) is 19.2 Å².